The average Bonchev–Trinajstić information content (AvgIpc) is 3.41. The second-order valence-corrected chi connectivity index (χ2v) is 9.70. The number of nitrogens with zero attached hydrogens (tertiary/aromatic N) is 2. The molecule has 0 N–H and O–H groups in total. The maximum Gasteiger partial charge on any atom is 0.307 e. The van der Waals surface area contributed by atoms with Crippen LogP contribution in [0.4, 0.5) is 4.39 Å². The molecule has 184 valence electrons. The molecule has 2 unspecified atom stereocenters. The number of carbonyl (C=O) groups excluding carboxylic acids is 4. The van der Waals surface area contributed by atoms with Crippen LogP contribution in [0.15, 0.2) is 24.3 Å². The van der Waals surface area contributed by atoms with Crippen molar-refractivity contribution in [2.45, 2.75) is 88.6 Å². The molecule has 2 atom stereocenters. The number of likely N-dealkylation sites (tertiary alicyclic amines) is 2. The van der Waals surface area contributed by atoms with Gasteiger partial charge in [-0.3, -0.25) is 24.1 Å². The summed E-state index contributed by atoms with van der Waals surface area (Å²) in [4.78, 5) is 55.7. The lowest BCUT2D eigenvalue weighted by molar-refractivity contribution is -0.149. The number of esters is 1. The Kier molecular flexibility index (Phi) is 7.33. The number of piperidine rings is 1. The summed E-state index contributed by atoms with van der Waals surface area (Å²) in [6, 6.07) is 5.24. The third kappa shape index (κ3) is 4.72. The van der Waals surface area contributed by atoms with E-state index in [1.165, 1.54) is 23.1 Å². The van der Waals surface area contributed by atoms with Gasteiger partial charge in [-0.05, 0) is 56.7 Å². The van der Waals surface area contributed by atoms with Gasteiger partial charge in [0.2, 0.25) is 17.7 Å². The maximum absolute atomic E-state index is 14.2. The average molecular weight is 473 g/mol. The molecular weight excluding hydrogens is 439 g/mol. The van der Waals surface area contributed by atoms with E-state index in [4.69, 9.17) is 4.74 Å². The van der Waals surface area contributed by atoms with Crippen molar-refractivity contribution in [2.24, 2.45) is 0 Å². The highest BCUT2D eigenvalue weighted by Gasteiger charge is 2.56. The number of rotatable bonds is 7. The highest BCUT2D eigenvalue weighted by Crippen LogP contribution is 2.43. The number of amides is 3. The van der Waals surface area contributed by atoms with Crippen LogP contribution in [-0.2, 0) is 29.3 Å². The first-order valence-electron chi connectivity index (χ1n) is 12.4. The van der Waals surface area contributed by atoms with E-state index in [2.05, 4.69) is 0 Å². The first-order chi connectivity index (χ1) is 16.4. The molecule has 2 heterocycles. The summed E-state index contributed by atoms with van der Waals surface area (Å²) < 4.78 is 19.3. The van der Waals surface area contributed by atoms with Crippen LogP contribution in [0.3, 0.4) is 0 Å². The largest absolute Gasteiger partial charge is 0.466 e. The van der Waals surface area contributed by atoms with E-state index in [9.17, 15) is 23.6 Å². The molecule has 1 aromatic rings. The summed E-state index contributed by atoms with van der Waals surface area (Å²) in [5.41, 5.74) is -1.07. The van der Waals surface area contributed by atoms with Crippen molar-refractivity contribution in [1.29, 1.82) is 0 Å². The Hall–Kier alpha value is -2.77. The van der Waals surface area contributed by atoms with Crippen LogP contribution in [0.1, 0.15) is 76.7 Å². The van der Waals surface area contributed by atoms with E-state index in [1.54, 1.807) is 17.9 Å². The van der Waals surface area contributed by atoms with Crippen molar-refractivity contribution in [2.75, 3.05) is 13.2 Å². The van der Waals surface area contributed by atoms with Gasteiger partial charge in [-0.15, -0.1) is 0 Å². The molecule has 34 heavy (non-hydrogen) atoms. The van der Waals surface area contributed by atoms with Crippen molar-refractivity contribution in [3.05, 3.63) is 35.6 Å². The molecule has 0 aromatic heterocycles. The van der Waals surface area contributed by atoms with Gasteiger partial charge < -0.3 is 9.64 Å². The molecule has 4 rings (SSSR count). The van der Waals surface area contributed by atoms with Crippen LogP contribution >= 0.6 is 0 Å². The summed E-state index contributed by atoms with van der Waals surface area (Å²) in [6.45, 7) is 2.50. The predicted molar refractivity (Wildman–Crippen MR) is 122 cm³/mol. The Morgan fingerprint density at radius 2 is 1.85 bits per heavy atom. The van der Waals surface area contributed by atoms with Crippen LogP contribution in [0.25, 0.3) is 0 Å². The van der Waals surface area contributed by atoms with Crippen LogP contribution in [0, 0.1) is 5.82 Å². The van der Waals surface area contributed by atoms with E-state index >= 15 is 0 Å². The minimum absolute atomic E-state index is 0.105. The third-order valence-corrected chi connectivity index (χ3v) is 7.53. The van der Waals surface area contributed by atoms with Gasteiger partial charge in [-0.25, -0.2) is 4.39 Å². The first kappa shape index (κ1) is 24.4. The molecule has 2 saturated heterocycles. The summed E-state index contributed by atoms with van der Waals surface area (Å²) in [7, 11) is 0. The van der Waals surface area contributed by atoms with Gasteiger partial charge in [0.25, 0.3) is 0 Å². The van der Waals surface area contributed by atoms with E-state index in [-0.39, 0.29) is 55.7 Å². The van der Waals surface area contributed by atoms with Gasteiger partial charge in [-0.1, -0.05) is 25.0 Å². The van der Waals surface area contributed by atoms with Gasteiger partial charge in [0.05, 0.1) is 18.4 Å². The van der Waals surface area contributed by atoms with E-state index in [0.29, 0.717) is 18.5 Å². The molecule has 0 spiro atoms. The molecule has 1 aromatic carbocycles. The number of hydrogen-bond acceptors (Lipinski definition) is 5. The monoisotopic (exact) mass is 472 g/mol. The predicted octanol–water partition coefficient (Wildman–Crippen LogP) is 3.49. The molecule has 1 saturated carbocycles. The number of imide groups is 1. The molecule has 8 heteroatoms. The van der Waals surface area contributed by atoms with Gasteiger partial charge in [0.1, 0.15) is 5.82 Å². The lowest BCUT2D eigenvalue weighted by Gasteiger charge is -2.38. The number of halogens is 1. The quantitative estimate of drug-likeness (QED) is 0.448. The number of ether oxygens (including phenoxy) is 1. The Labute approximate surface area is 199 Å². The SMILES string of the molecule is CCOC(=O)CC1CCCCN1C(=O)CC1(c2cccc(F)c2)CC(=O)N(C2CCCC2)C1=O. The van der Waals surface area contributed by atoms with Crippen LogP contribution in [0.5, 0.6) is 0 Å². The summed E-state index contributed by atoms with van der Waals surface area (Å²) in [5, 5.41) is 0. The second kappa shape index (κ2) is 10.2. The van der Waals surface area contributed by atoms with E-state index in [0.717, 1.165) is 38.5 Å². The Bertz CT molecular complexity index is 960. The molecule has 3 fully saturated rings. The number of carbonyl (C=O) groups is 4. The lowest BCUT2D eigenvalue weighted by atomic mass is 9.75. The standard InChI is InChI=1S/C26H33FN2O5/c1-2-34-24(32)15-21-12-5-6-13-28(21)22(30)16-26(18-8-7-9-19(27)14-18)17-23(31)29(25(26)33)20-10-3-4-11-20/h7-9,14,20-21H,2-6,10-13,15-17H2,1H3. The maximum atomic E-state index is 14.2. The minimum Gasteiger partial charge on any atom is -0.466 e. The van der Waals surface area contributed by atoms with Crippen LogP contribution in [-0.4, -0.2) is 58.7 Å². The fourth-order valence-corrected chi connectivity index (χ4v) is 5.86. The van der Waals surface area contributed by atoms with Gasteiger partial charge >= 0.3 is 5.97 Å². The third-order valence-electron chi connectivity index (χ3n) is 7.53. The Morgan fingerprint density at radius 1 is 1.12 bits per heavy atom. The highest BCUT2D eigenvalue weighted by molar-refractivity contribution is 6.11. The zero-order chi connectivity index (χ0) is 24.3. The van der Waals surface area contributed by atoms with Crippen molar-refractivity contribution in [3.63, 3.8) is 0 Å². The second-order valence-electron chi connectivity index (χ2n) is 9.70. The fourth-order valence-electron chi connectivity index (χ4n) is 5.86. The smallest absolute Gasteiger partial charge is 0.307 e. The lowest BCUT2D eigenvalue weighted by Crippen LogP contribution is -2.49. The molecule has 2 aliphatic heterocycles. The van der Waals surface area contributed by atoms with E-state index in [1.807, 2.05) is 0 Å². The van der Waals surface area contributed by atoms with Crippen molar-refractivity contribution in [1.82, 2.24) is 9.80 Å². The summed E-state index contributed by atoms with van der Waals surface area (Å²) in [5.74, 6) is -1.85. The fraction of sp³-hybridized carbons (Fsp3) is 0.615. The van der Waals surface area contributed by atoms with Gasteiger partial charge in [0.15, 0.2) is 0 Å². The molecule has 3 aliphatic rings. The molecule has 0 radical (unpaired) electrons. The molecule has 3 amide bonds. The van der Waals surface area contributed by atoms with Gasteiger partial charge in [-0.2, -0.15) is 0 Å². The Balaban J connectivity index is 1.64. The van der Waals surface area contributed by atoms with Crippen molar-refractivity contribution >= 4 is 23.7 Å². The zero-order valence-corrected chi connectivity index (χ0v) is 19.8. The normalized spacial score (nSPS) is 25.8. The number of benzene rings is 1. The molecule has 1 aliphatic carbocycles. The molecule has 0 bridgehead atoms. The molecule has 7 nitrogen and oxygen atoms in total. The van der Waals surface area contributed by atoms with Crippen molar-refractivity contribution < 1.29 is 28.3 Å². The zero-order valence-electron chi connectivity index (χ0n) is 19.8. The van der Waals surface area contributed by atoms with Crippen molar-refractivity contribution in [3.8, 4) is 0 Å². The summed E-state index contributed by atoms with van der Waals surface area (Å²) >= 11 is 0. The minimum atomic E-state index is -1.43. The first-order valence-corrected chi connectivity index (χ1v) is 12.4. The Morgan fingerprint density at radius 3 is 2.56 bits per heavy atom. The highest BCUT2D eigenvalue weighted by atomic mass is 19.1. The number of hydrogen-bond donors (Lipinski definition) is 0. The molecular formula is C26H33FN2O5. The summed E-state index contributed by atoms with van der Waals surface area (Å²) in [6.07, 6.45) is 5.56. The van der Waals surface area contributed by atoms with Gasteiger partial charge in [0, 0.05) is 31.5 Å². The van der Waals surface area contributed by atoms with Crippen LogP contribution < -0.4 is 0 Å². The van der Waals surface area contributed by atoms with Crippen LogP contribution in [0.2, 0.25) is 0 Å². The topological polar surface area (TPSA) is 84.0 Å². The van der Waals surface area contributed by atoms with E-state index < -0.39 is 17.1 Å².